The third-order valence-electron chi connectivity index (χ3n) is 10.6. The minimum Gasteiger partial charge on any atom is -0.489 e. The summed E-state index contributed by atoms with van der Waals surface area (Å²) in [6.45, 7) is 12.1. The molecule has 7 rings (SSSR count). The van der Waals surface area contributed by atoms with E-state index in [-0.39, 0.29) is 17.4 Å². The van der Waals surface area contributed by atoms with Crippen LogP contribution in [0.5, 0.6) is 28.7 Å². The van der Waals surface area contributed by atoms with E-state index in [1.165, 1.54) is 0 Å². The van der Waals surface area contributed by atoms with E-state index in [9.17, 15) is 0 Å². The predicted octanol–water partition coefficient (Wildman–Crippen LogP) is 11.7. The zero-order valence-electron chi connectivity index (χ0n) is 33.3. The summed E-state index contributed by atoms with van der Waals surface area (Å²) in [5, 5.41) is -0.182. The molecule has 1 aliphatic heterocycles. The summed E-state index contributed by atoms with van der Waals surface area (Å²) in [5.41, 5.74) is 5.08. The number of ketones is 1. The van der Waals surface area contributed by atoms with Gasteiger partial charge in [-0.15, -0.1) is 0 Å². The summed E-state index contributed by atoms with van der Waals surface area (Å²) in [7, 11) is -2.54. The molecule has 0 bridgehead atoms. The summed E-state index contributed by atoms with van der Waals surface area (Å²) < 4.78 is 39.6. The molecule has 292 valence electrons. The van der Waals surface area contributed by atoms with E-state index >= 15 is 4.79 Å². The molecule has 6 aromatic rings. The van der Waals surface area contributed by atoms with E-state index in [0.717, 1.165) is 27.8 Å². The van der Waals surface area contributed by atoms with Gasteiger partial charge in [-0.05, 0) is 58.1 Å². The third-order valence-corrected chi connectivity index (χ3v) is 15.0. The van der Waals surface area contributed by atoms with Crippen LogP contribution in [0, 0.1) is 0 Å². The van der Waals surface area contributed by atoms with Gasteiger partial charge in [0.1, 0.15) is 49.2 Å². The van der Waals surface area contributed by atoms with Gasteiger partial charge in [-0.2, -0.15) is 0 Å². The van der Waals surface area contributed by atoms with Crippen molar-refractivity contribution < 1.29 is 32.9 Å². The molecule has 0 saturated carbocycles. The van der Waals surface area contributed by atoms with Gasteiger partial charge in [-0.1, -0.05) is 148 Å². The molecule has 0 aliphatic carbocycles. The second-order valence-corrected chi connectivity index (χ2v) is 20.6. The van der Waals surface area contributed by atoms with Gasteiger partial charge in [-0.25, -0.2) is 0 Å². The van der Waals surface area contributed by atoms with E-state index in [1.807, 2.05) is 140 Å². The van der Waals surface area contributed by atoms with E-state index in [0.29, 0.717) is 54.1 Å². The zero-order valence-corrected chi connectivity index (χ0v) is 34.3. The molecule has 57 heavy (non-hydrogen) atoms. The van der Waals surface area contributed by atoms with Crippen molar-refractivity contribution in [3.8, 4) is 28.7 Å². The predicted molar refractivity (Wildman–Crippen MR) is 226 cm³/mol. The number of carbonyl (C=O) groups is 1. The Bertz CT molecular complexity index is 2240. The first kappa shape index (κ1) is 39.4. The van der Waals surface area contributed by atoms with Crippen LogP contribution in [-0.2, 0) is 30.9 Å². The maximum absolute atomic E-state index is 15.1. The SMILES string of the molecule is CC(C)(C)[Si](C)(C)O[C@@H]1C(=O)c2c(OCc3ccccc3)cc(OCc3ccccc3)cc2O[C@@H]1c1ccc(OCc2ccccc2)c(OCc2ccccc2)c1. The summed E-state index contributed by atoms with van der Waals surface area (Å²) in [4.78, 5) is 15.1. The van der Waals surface area contributed by atoms with E-state index < -0.39 is 20.5 Å². The number of ether oxygens (including phenoxy) is 5. The fourth-order valence-electron chi connectivity index (χ4n) is 6.31. The number of benzene rings is 6. The largest absolute Gasteiger partial charge is 0.489 e. The molecule has 6 aromatic carbocycles. The number of Topliss-reactive ketones (excluding diaryl/α,β-unsaturated/α-hetero) is 1. The van der Waals surface area contributed by atoms with Crippen molar-refractivity contribution >= 4 is 14.1 Å². The molecule has 0 unspecified atom stereocenters. The van der Waals surface area contributed by atoms with E-state index in [1.54, 1.807) is 12.1 Å². The minimum atomic E-state index is -2.54. The number of carbonyl (C=O) groups excluding carboxylic acids is 1. The van der Waals surface area contributed by atoms with Crippen LogP contribution in [0.3, 0.4) is 0 Å². The number of fused-ring (bicyclic) bond motifs is 1. The van der Waals surface area contributed by atoms with Crippen LogP contribution in [0.2, 0.25) is 18.1 Å². The number of hydrogen-bond acceptors (Lipinski definition) is 7. The van der Waals surface area contributed by atoms with E-state index in [2.05, 4.69) is 33.9 Å². The summed E-state index contributed by atoms with van der Waals surface area (Å²) >= 11 is 0. The Kier molecular flexibility index (Phi) is 12.1. The summed E-state index contributed by atoms with van der Waals surface area (Å²) in [5.74, 6) is 2.17. The highest BCUT2D eigenvalue weighted by atomic mass is 28.4. The topological polar surface area (TPSA) is 72.5 Å². The average Bonchev–Trinajstić information content (AvgIpc) is 3.22. The molecule has 0 amide bonds. The lowest BCUT2D eigenvalue weighted by molar-refractivity contribution is 0.0257. The normalized spacial score (nSPS) is 15.3. The number of rotatable bonds is 15. The lowest BCUT2D eigenvalue weighted by Crippen LogP contribution is -2.50. The van der Waals surface area contributed by atoms with Gasteiger partial charge in [0.15, 0.2) is 32.0 Å². The highest BCUT2D eigenvalue weighted by molar-refractivity contribution is 6.74. The van der Waals surface area contributed by atoms with Gasteiger partial charge in [0.05, 0.1) is 0 Å². The standard InChI is InChI=1S/C49H50O7Si/c1-49(2,3)57(4,5)56-48-46(50)45-43(54-34-38-24-16-9-17-25-38)29-40(51-31-35-18-10-6-11-19-35)30-44(45)55-47(48)39-26-27-41(52-32-36-20-12-7-13-21-36)42(28-39)53-33-37-22-14-8-15-23-37/h6-30,47-48H,31-34H2,1-5H3/t47-,48-/m1/s1. The second kappa shape index (κ2) is 17.5. The van der Waals surface area contributed by atoms with Gasteiger partial charge in [0.2, 0.25) is 5.78 Å². The molecule has 0 fully saturated rings. The van der Waals surface area contributed by atoms with Crippen LogP contribution in [0.25, 0.3) is 0 Å². The lowest BCUT2D eigenvalue weighted by atomic mass is 9.92. The fraction of sp³-hybridized carbons (Fsp3) is 0.245. The highest BCUT2D eigenvalue weighted by Gasteiger charge is 2.48. The molecule has 1 aliphatic rings. The van der Waals surface area contributed by atoms with Crippen molar-refractivity contribution in [2.75, 3.05) is 0 Å². The maximum atomic E-state index is 15.1. The molecule has 1 heterocycles. The van der Waals surface area contributed by atoms with Crippen LogP contribution >= 0.6 is 0 Å². The van der Waals surface area contributed by atoms with Gasteiger partial charge in [-0.3, -0.25) is 4.79 Å². The first-order valence-electron chi connectivity index (χ1n) is 19.4. The van der Waals surface area contributed by atoms with Gasteiger partial charge in [0, 0.05) is 12.1 Å². The van der Waals surface area contributed by atoms with Crippen LogP contribution in [0.1, 0.15) is 65.1 Å². The highest BCUT2D eigenvalue weighted by Crippen LogP contribution is 2.48. The molecule has 0 saturated heterocycles. The van der Waals surface area contributed by atoms with Crippen LogP contribution in [0.4, 0.5) is 0 Å². The average molecular weight is 779 g/mol. The Morgan fingerprint density at radius 3 is 1.49 bits per heavy atom. The van der Waals surface area contributed by atoms with Crippen molar-refractivity contribution in [1.82, 2.24) is 0 Å². The minimum absolute atomic E-state index is 0.182. The fourth-order valence-corrected chi connectivity index (χ4v) is 7.53. The quantitative estimate of drug-likeness (QED) is 0.0961. The summed E-state index contributed by atoms with van der Waals surface area (Å²) in [6, 6.07) is 49.1. The summed E-state index contributed by atoms with van der Waals surface area (Å²) in [6.07, 6.45) is -1.78. The molecular formula is C49H50O7Si. The van der Waals surface area contributed by atoms with E-state index in [4.69, 9.17) is 28.1 Å². The first-order chi connectivity index (χ1) is 27.5. The van der Waals surface area contributed by atoms with Crippen molar-refractivity contribution in [3.05, 3.63) is 185 Å². The maximum Gasteiger partial charge on any atom is 0.202 e. The van der Waals surface area contributed by atoms with Gasteiger partial charge in [0.25, 0.3) is 0 Å². The van der Waals surface area contributed by atoms with Crippen LogP contribution < -0.4 is 23.7 Å². The first-order valence-corrected chi connectivity index (χ1v) is 22.3. The van der Waals surface area contributed by atoms with Crippen molar-refractivity contribution in [2.45, 2.75) is 77.5 Å². The van der Waals surface area contributed by atoms with Crippen molar-refractivity contribution in [3.63, 3.8) is 0 Å². The molecule has 7 nitrogen and oxygen atoms in total. The molecule has 2 atom stereocenters. The molecule has 8 heteroatoms. The third kappa shape index (κ3) is 9.77. The monoisotopic (exact) mass is 778 g/mol. The Balaban J connectivity index is 1.29. The van der Waals surface area contributed by atoms with Crippen LogP contribution in [0.15, 0.2) is 152 Å². The second-order valence-electron chi connectivity index (χ2n) is 15.8. The molecule has 0 spiro atoms. The Morgan fingerprint density at radius 1 is 0.544 bits per heavy atom. The Labute approximate surface area is 337 Å². The zero-order chi connectivity index (χ0) is 39.8. The Morgan fingerprint density at radius 2 is 1.00 bits per heavy atom. The molecule has 0 aromatic heterocycles. The van der Waals surface area contributed by atoms with Gasteiger partial charge < -0.3 is 28.1 Å². The molecular weight excluding hydrogens is 729 g/mol. The number of hydrogen-bond donors (Lipinski definition) is 0. The Hall–Kier alpha value is -5.83. The lowest BCUT2D eigenvalue weighted by Gasteiger charge is -2.42. The molecule has 0 radical (unpaired) electrons. The van der Waals surface area contributed by atoms with Crippen molar-refractivity contribution in [2.24, 2.45) is 0 Å². The van der Waals surface area contributed by atoms with Crippen molar-refractivity contribution in [1.29, 1.82) is 0 Å². The van der Waals surface area contributed by atoms with Gasteiger partial charge >= 0.3 is 0 Å². The smallest absolute Gasteiger partial charge is 0.202 e. The van der Waals surface area contributed by atoms with Crippen LogP contribution in [-0.4, -0.2) is 20.2 Å². The molecule has 0 N–H and O–H groups in total.